The molecule has 5 N–H and O–H groups in total. The number of carbonyl (C=O) groups is 1. The monoisotopic (exact) mass is 265 g/mol. The molecule has 1 heterocycles. The fourth-order valence-corrected chi connectivity index (χ4v) is 1.26. The zero-order valence-corrected chi connectivity index (χ0v) is 8.99. The Morgan fingerprint density at radius 3 is 2.56 bits per heavy atom. The van der Waals surface area contributed by atoms with Crippen LogP contribution in [-0.4, -0.2) is 22.4 Å². The molecule has 0 atom stereocenters. The van der Waals surface area contributed by atoms with Crippen LogP contribution in [0.1, 0.15) is 11.3 Å². The lowest BCUT2D eigenvalue weighted by atomic mass is 10.1. The third-order valence-corrected chi connectivity index (χ3v) is 1.92. The van der Waals surface area contributed by atoms with Crippen molar-refractivity contribution in [3.63, 3.8) is 0 Å². The van der Waals surface area contributed by atoms with Crippen molar-refractivity contribution in [1.29, 1.82) is 0 Å². The number of aliphatic carboxylic acids is 1. The van der Waals surface area contributed by atoms with Crippen LogP contribution < -0.4 is 16.2 Å². The minimum atomic E-state index is -4.95. The zero-order chi connectivity index (χ0) is 13.9. The van der Waals surface area contributed by atoms with Crippen molar-refractivity contribution in [1.82, 2.24) is 4.98 Å². The summed E-state index contributed by atoms with van der Waals surface area (Å²) in [4.78, 5) is 13.9. The SMILES string of the molecule is NCc1c(N)cc(CC(=O)O)nc1OC(F)(F)F. The second kappa shape index (κ2) is 5.08. The van der Waals surface area contributed by atoms with Crippen LogP contribution >= 0.6 is 0 Å². The van der Waals surface area contributed by atoms with Crippen LogP contribution in [0.3, 0.4) is 0 Å². The van der Waals surface area contributed by atoms with E-state index in [4.69, 9.17) is 16.6 Å². The fourth-order valence-electron chi connectivity index (χ4n) is 1.26. The number of aromatic nitrogens is 1. The number of ether oxygens (including phenoxy) is 1. The molecule has 9 heteroatoms. The number of hydrogen-bond donors (Lipinski definition) is 3. The second-order valence-corrected chi connectivity index (χ2v) is 3.31. The summed E-state index contributed by atoms with van der Waals surface area (Å²) in [6, 6.07) is 1.15. The van der Waals surface area contributed by atoms with Crippen LogP contribution in [0, 0.1) is 0 Å². The normalized spacial score (nSPS) is 11.3. The van der Waals surface area contributed by atoms with E-state index in [1.165, 1.54) is 0 Å². The summed E-state index contributed by atoms with van der Waals surface area (Å²) in [5.41, 5.74) is 10.3. The number of carboxylic acids is 1. The topological polar surface area (TPSA) is 111 Å². The number of nitrogens with two attached hydrogens (primary N) is 2. The standard InChI is InChI=1S/C9H10F3N3O3/c10-9(11,12)18-8-5(3-13)6(14)1-4(15-8)2-7(16)17/h1H,2-3,13H2,(H2,14,15)(H,16,17). The number of anilines is 1. The van der Waals surface area contributed by atoms with E-state index < -0.39 is 24.6 Å². The van der Waals surface area contributed by atoms with Gasteiger partial charge >= 0.3 is 12.3 Å². The highest BCUT2D eigenvalue weighted by Crippen LogP contribution is 2.28. The molecule has 0 aliphatic rings. The maximum Gasteiger partial charge on any atom is 0.574 e. The number of nitrogen functional groups attached to an aromatic ring is 1. The van der Waals surface area contributed by atoms with Gasteiger partial charge in [-0.25, -0.2) is 4.98 Å². The first-order chi connectivity index (χ1) is 8.23. The van der Waals surface area contributed by atoms with Gasteiger partial charge in [0.15, 0.2) is 0 Å². The van der Waals surface area contributed by atoms with Crippen molar-refractivity contribution in [2.24, 2.45) is 5.73 Å². The van der Waals surface area contributed by atoms with E-state index in [-0.39, 0.29) is 23.5 Å². The summed E-state index contributed by atoms with van der Waals surface area (Å²) in [6.07, 6.45) is -5.52. The molecular weight excluding hydrogens is 255 g/mol. The average molecular weight is 265 g/mol. The Labute approximate surface area is 99.4 Å². The molecule has 0 radical (unpaired) electrons. The fraction of sp³-hybridized carbons (Fsp3) is 0.333. The first-order valence-electron chi connectivity index (χ1n) is 4.69. The van der Waals surface area contributed by atoms with Crippen molar-refractivity contribution >= 4 is 11.7 Å². The lowest BCUT2D eigenvalue weighted by Crippen LogP contribution is -2.21. The highest BCUT2D eigenvalue weighted by molar-refractivity contribution is 5.70. The number of alkyl halides is 3. The van der Waals surface area contributed by atoms with Gasteiger partial charge in [0, 0.05) is 12.2 Å². The molecule has 1 aromatic rings. The zero-order valence-electron chi connectivity index (χ0n) is 8.99. The van der Waals surface area contributed by atoms with E-state index >= 15 is 0 Å². The lowest BCUT2D eigenvalue weighted by molar-refractivity contribution is -0.276. The van der Waals surface area contributed by atoms with Gasteiger partial charge in [0.2, 0.25) is 5.88 Å². The molecule has 1 rings (SSSR count). The third kappa shape index (κ3) is 3.77. The predicted octanol–water partition coefficient (Wildman–Crippen LogP) is 0.648. The minimum Gasteiger partial charge on any atom is -0.481 e. The molecule has 0 fully saturated rings. The van der Waals surface area contributed by atoms with E-state index in [2.05, 4.69) is 9.72 Å². The number of nitrogens with zero attached hydrogens (tertiary/aromatic N) is 1. The number of rotatable bonds is 4. The van der Waals surface area contributed by atoms with Crippen molar-refractivity contribution in [2.75, 3.05) is 5.73 Å². The number of halogens is 3. The van der Waals surface area contributed by atoms with Crippen molar-refractivity contribution in [3.05, 3.63) is 17.3 Å². The molecule has 0 unspecified atom stereocenters. The van der Waals surface area contributed by atoms with Gasteiger partial charge in [-0.3, -0.25) is 4.79 Å². The molecule has 0 aromatic carbocycles. The second-order valence-electron chi connectivity index (χ2n) is 3.31. The molecule has 18 heavy (non-hydrogen) atoms. The summed E-state index contributed by atoms with van der Waals surface area (Å²) in [6.45, 7) is -0.308. The Hall–Kier alpha value is -2.03. The lowest BCUT2D eigenvalue weighted by Gasteiger charge is -2.14. The van der Waals surface area contributed by atoms with Gasteiger partial charge in [0.05, 0.1) is 17.7 Å². The molecule has 6 nitrogen and oxygen atoms in total. The van der Waals surface area contributed by atoms with E-state index in [1.807, 2.05) is 0 Å². The maximum atomic E-state index is 12.1. The van der Waals surface area contributed by atoms with Crippen molar-refractivity contribution in [2.45, 2.75) is 19.3 Å². The molecule has 0 aliphatic heterocycles. The summed E-state index contributed by atoms with van der Waals surface area (Å²) in [7, 11) is 0. The first kappa shape index (κ1) is 14.0. The van der Waals surface area contributed by atoms with Gasteiger partial charge in [0.1, 0.15) is 0 Å². The molecule has 0 aliphatic carbocycles. The summed E-state index contributed by atoms with van der Waals surface area (Å²) < 4.78 is 40.0. The minimum absolute atomic E-state index is 0.0944. The van der Waals surface area contributed by atoms with Crippen LogP contribution in [0.4, 0.5) is 18.9 Å². The Kier molecular flexibility index (Phi) is 3.96. The van der Waals surface area contributed by atoms with Crippen molar-refractivity contribution < 1.29 is 27.8 Å². The quantitative estimate of drug-likeness (QED) is 0.736. The largest absolute Gasteiger partial charge is 0.574 e. The Morgan fingerprint density at radius 1 is 1.50 bits per heavy atom. The van der Waals surface area contributed by atoms with E-state index in [0.717, 1.165) is 6.07 Å². The van der Waals surface area contributed by atoms with Gasteiger partial charge in [-0.2, -0.15) is 0 Å². The van der Waals surface area contributed by atoms with Gasteiger partial charge in [-0.05, 0) is 6.07 Å². The average Bonchev–Trinajstić information content (AvgIpc) is 2.13. The van der Waals surface area contributed by atoms with E-state index in [9.17, 15) is 18.0 Å². The van der Waals surface area contributed by atoms with E-state index in [0.29, 0.717) is 0 Å². The summed E-state index contributed by atoms with van der Waals surface area (Å²) in [5, 5.41) is 8.54. The Bertz CT molecular complexity index is 462. The van der Waals surface area contributed by atoms with Crippen LogP contribution in [0.2, 0.25) is 0 Å². The first-order valence-corrected chi connectivity index (χ1v) is 4.69. The molecule has 0 bridgehead atoms. The predicted molar refractivity (Wildman–Crippen MR) is 54.6 cm³/mol. The van der Waals surface area contributed by atoms with Crippen LogP contribution in [-0.2, 0) is 17.8 Å². The van der Waals surface area contributed by atoms with Crippen molar-refractivity contribution in [3.8, 4) is 5.88 Å². The number of carboxylic acid groups (broad SMARTS) is 1. The van der Waals surface area contributed by atoms with Gasteiger partial charge in [-0.15, -0.1) is 13.2 Å². The van der Waals surface area contributed by atoms with E-state index in [1.54, 1.807) is 0 Å². The van der Waals surface area contributed by atoms with Crippen LogP contribution in [0.5, 0.6) is 5.88 Å². The van der Waals surface area contributed by atoms with Gasteiger partial charge in [0.25, 0.3) is 0 Å². The smallest absolute Gasteiger partial charge is 0.481 e. The van der Waals surface area contributed by atoms with Gasteiger partial charge < -0.3 is 21.3 Å². The molecule has 100 valence electrons. The molecule has 0 amide bonds. The summed E-state index contributed by atoms with van der Waals surface area (Å²) in [5.74, 6) is -2.07. The molecule has 0 saturated carbocycles. The summed E-state index contributed by atoms with van der Waals surface area (Å²) >= 11 is 0. The highest BCUT2D eigenvalue weighted by Gasteiger charge is 2.33. The highest BCUT2D eigenvalue weighted by atomic mass is 19.4. The van der Waals surface area contributed by atoms with Crippen LogP contribution in [0.15, 0.2) is 6.07 Å². The van der Waals surface area contributed by atoms with Gasteiger partial charge in [-0.1, -0.05) is 0 Å². The Morgan fingerprint density at radius 2 is 2.11 bits per heavy atom. The Balaban J connectivity index is 3.19. The third-order valence-electron chi connectivity index (χ3n) is 1.92. The molecule has 1 aromatic heterocycles. The number of hydrogen-bond acceptors (Lipinski definition) is 5. The molecule has 0 saturated heterocycles. The number of pyridine rings is 1. The maximum absolute atomic E-state index is 12.1. The van der Waals surface area contributed by atoms with Crippen LogP contribution in [0.25, 0.3) is 0 Å². The molecular formula is C9H10F3N3O3. The molecule has 0 spiro atoms.